The second-order valence-corrected chi connectivity index (χ2v) is 8.10. The topological polar surface area (TPSA) is 115 Å². The van der Waals surface area contributed by atoms with E-state index in [2.05, 4.69) is 34.4 Å². The Bertz CT molecular complexity index is 1220. The molecule has 0 bridgehead atoms. The molecule has 0 atom stereocenters. The third-order valence-corrected chi connectivity index (χ3v) is 5.89. The first-order valence-electron chi connectivity index (χ1n) is 10.7. The van der Waals surface area contributed by atoms with Crippen LogP contribution in [0.15, 0.2) is 53.3 Å². The monoisotopic (exact) mass is 431 g/mol. The standard InChI is InChI=1S/C23H25N7O2/c1-15-4-6-17(7-5-15)30-22-19(14-26-30)21(25-13-18-3-2-12-32-18)27-23(28-22)29-10-8-16(9-11-29)20(24)31/h2-7,12,14,16H,8-11,13H2,1H3,(H2,24,31)(H,25,27,28). The SMILES string of the molecule is Cc1ccc(-n2ncc3c(NCc4ccco4)nc(N4CCC(C(N)=O)CC4)nc32)cc1. The molecule has 0 unspecified atom stereocenters. The van der Waals surface area contributed by atoms with Crippen LogP contribution in [0.4, 0.5) is 11.8 Å². The summed E-state index contributed by atoms with van der Waals surface area (Å²) in [7, 11) is 0. The first kappa shape index (κ1) is 20.0. The number of nitrogens with two attached hydrogens (primary N) is 1. The molecule has 5 rings (SSSR count). The van der Waals surface area contributed by atoms with E-state index < -0.39 is 0 Å². The molecule has 0 radical (unpaired) electrons. The summed E-state index contributed by atoms with van der Waals surface area (Å²) in [5, 5.41) is 8.79. The third-order valence-electron chi connectivity index (χ3n) is 5.89. The summed E-state index contributed by atoms with van der Waals surface area (Å²) >= 11 is 0. The summed E-state index contributed by atoms with van der Waals surface area (Å²) in [4.78, 5) is 23.3. The van der Waals surface area contributed by atoms with Crippen LogP contribution < -0.4 is 16.0 Å². The average Bonchev–Trinajstić information content (AvgIpc) is 3.48. The van der Waals surface area contributed by atoms with Crippen LogP contribution in [0.3, 0.4) is 0 Å². The number of nitrogens with zero attached hydrogens (tertiary/aromatic N) is 5. The zero-order valence-electron chi connectivity index (χ0n) is 17.9. The highest BCUT2D eigenvalue weighted by molar-refractivity contribution is 5.88. The fourth-order valence-corrected chi connectivity index (χ4v) is 4.00. The minimum absolute atomic E-state index is 0.0929. The van der Waals surface area contributed by atoms with Crippen molar-refractivity contribution in [2.24, 2.45) is 11.7 Å². The van der Waals surface area contributed by atoms with E-state index in [0.29, 0.717) is 44.2 Å². The number of anilines is 2. The van der Waals surface area contributed by atoms with E-state index in [0.717, 1.165) is 22.5 Å². The Hall–Kier alpha value is -3.88. The smallest absolute Gasteiger partial charge is 0.229 e. The maximum Gasteiger partial charge on any atom is 0.229 e. The van der Waals surface area contributed by atoms with Gasteiger partial charge in [0, 0.05) is 19.0 Å². The van der Waals surface area contributed by atoms with E-state index in [1.807, 2.05) is 28.9 Å². The quantitative estimate of drug-likeness (QED) is 0.482. The van der Waals surface area contributed by atoms with Crippen LogP contribution >= 0.6 is 0 Å². The van der Waals surface area contributed by atoms with Crippen molar-refractivity contribution in [1.82, 2.24) is 19.7 Å². The molecule has 0 aliphatic carbocycles. The molecule has 0 spiro atoms. The van der Waals surface area contributed by atoms with Gasteiger partial charge in [0.2, 0.25) is 11.9 Å². The molecule has 4 aromatic rings. The number of aromatic nitrogens is 4. The molecule has 9 heteroatoms. The van der Waals surface area contributed by atoms with Gasteiger partial charge in [0.15, 0.2) is 5.65 Å². The summed E-state index contributed by atoms with van der Waals surface area (Å²) in [5.41, 5.74) is 8.33. The van der Waals surface area contributed by atoms with Crippen molar-refractivity contribution in [3.63, 3.8) is 0 Å². The number of hydrogen-bond donors (Lipinski definition) is 2. The number of furan rings is 1. The number of benzene rings is 1. The predicted molar refractivity (Wildman–Crippen MR) is 122 cm³/mol. The number of aryl methyl sites for hydroxylation is 1. The molecule has 1 amide bonds. The number of hydrogen-bond acceptors (Lipinski definition) is 7. The van der Waals surface area contributed by atoms with Gasteiger partial charge in [-0.25, -0.2) is 4.68 Å². The maximum atomic E-state index is 11.6. The number of fused-ring (bicyclic) bond motifs is 1. The fraction of sp³-hybridized carbons (Fsp3) is 0.304. The van der Waals surface area contributed by atoms with Gasteiger partial charge in [-0.2, -0.15) is 15.1 Å². The van der Waals surface area contributed by atoms with Gasteiger partial charge >= 0.3 is 0 Å². The zero-order valence-corrected chi connectivity index (χ0v) is 17.9. The molecule has 3 N–H and O–H groups in total. The summed E-state index contributed by atoms with van der Waals surface area (Å²) in [6, 6.07) is 11.9. The molecule has 1 saturated heterocycles. The lowest BCUT2D eigenvalue weighted by atomic mass is 9.96. The van der Waals surface area contributed by atoms with Crippen LogP contribution in [0.25, 0.3) is 16.7 Å². The van der Waals surface area contributed by atoms with Crippen molar-refractivity contribution in [3.8, 4) is 5.69 Å². The Labute approximate surface area is 185 Å². The van der Waals surface area contributed by atoms with Crippen molar-refractivity contribution in [3.05, 3.63) is 60.2 Å². The molecule has 1 aromatic carbocycles. The van der Waals surface area contributed by atoms with Crippen molar-refractivity contribution in [2.75, 3.05) is 23.3 Å². The van der Waals surface area contributed by atoms with E-state index in [1.54, 1.807) is 12.5 Å². The molecular weight excluding hydrogens is 406 g/mol. The van der Waals surface area contributed by atoms with Crippen LogP contribution in [0, 0.1) is 12.8 Å². The normalized spacial score (nSPS) is 14.7. The third kappa shape index (κ3) is 3.89. The summed E-state index contributed by atoms with van der Waals surface area (Å²) in [6.45, 7) is 3.90. The Morgan fingerprint density at radius 2 is 1.97 bits per heavy atom. The zero-order chi connectivity index (χ0) is 22.1. The van der Waals surface area contributed by atoms with E-state index in [1.165, 1.54) is 5.56 Å². The van der Waals surface area contributed by atoms with E-state index in [9.17, 15) is 4.79 Å². The lowest BCUT2D eigenvalue weighted by molar-refractivity contribution is -0.122. The van der Waals surface area contributed by atoms with E-state index in [4.69, 9.17) is 20.1 Å². The highest BCUT2D eigenvalue weighted by atomic mass is 16.3. The summed E-state index contributed by atoms with van der Waals surface area (Å²) in [5.74, 6) is 1.78. The van der Waals surface area contributed by atoms with Crippen LogP contribution in [-0.2, 0) is 11.3 Å². The molecule has 9 nitrogen and oxygen atoms in total. The number of piperidine rings is 1. The molecular formula is C23H25N7O2. The Balaban J connectivity index is 1.53. The number of carbonyl (C=O) groups is 1. The van der Waals surface area contributed by atoms with Gasteiger partial charge < -0.3 is 20.4 Å². The van der Waals surface area contributed by atoms with Crippen LogP contribution in [0.2, 0.25) is 0 Å². The molecule has 1 aliphatic rings. The van der Waals surface area contributed by atoms with Gasteiger partial charge in [0.05, 0.1) is 30.1 Å². The number of rotatable bonds is 6. The van der Waals surface area contributed by atoms with Crippen molar-refractivity contribution >= 4 is 28.7 Å². The lowest BCUT2D eigenvalue weighted by Crippen LogP contribution is -2.39. The number of amides is 1. The average molecular weight is 432 g/mol. The Morgan fingerprint density at radius 1 is 1.19 bits per heavy atom. The Morgan fingerprint density at radius 3 is 2.66 bits per heavy atom. The van der Waals surface area contributed by atoms with Crippen molar-refractivity contribution < 1.29 is 9.21 Å². The van der Waals surface area contributed by atoms with Crippen LogP contribution in [0.5, 0.6) is 0 Å². The highest BCUT2D eigenvalue weighted by Crippen LogP contribution is 2.28. The lowest BCUT2D eigenvalue weighted by Gasteiger charge is -2.30. The van der Waals surface area contributed by atoms with Gasteiger partial charge in [-0.15, -0.1) is 0 Å². The first-order chi connectivity index (χ1) is 15.6. The van der Waals surface area contributed by atoms with Gasteiger partial charge in [-0.3, -0.25) is 4.79 Å². The van der Waals surface area contributed by atoms with Gasteiger partial charge in [-0.1, -0.05) is 17.7 Å². The van der Waals surface area contributed by atoms with Crippen LogP contribution in [-0.4, -0.2) is 38.7 Å². The molecule has 0 saturated carbocycles. The van der Waals surface area contributed by atoms with Gasteiger partial charge in [0.25, 0.3) is 0 Å². The molecule has 1 aliphatic heterocycles. The molecule has 1 fully saturated rings. The van der Waals surface area contributed by atoms with Crippen LogP contribution in [0.1, 0.15) is 24.2 Å². The second-order valence-electron chi connectivity index (χ2n) is 8.10. The molecule has 164 valence electrons. The molecule has 3 aromatic heterocycles. The second kappa shape index (κ2) is 8.33. The minimum atomic E-state index is -0.237. The first-order valence-corrected chi connectivity index (χ1v) is 10.7. The predicted octanol–water partition coefficient (Wildman–Crippen LogP) is 3.03. The maximum absolute atomic E-state index is 11.6. The van der Waals surface area contributed by atoms with Crippen molar-refractivity contribution in [2.45, 2.75) is 26.3 Å². The minimum Gasteiger partial charge on any atom is -0.467 e. The molecule has 4 heterocycles. The summed E-state index contributed by atoms with van der Waals surface area (Å²) in [6.07, 6.45) is 4.82. The summed E-state index contributed by atoms with van der Waals surface area (Å²) < 4.78 is 7.28. The van der Waals surface area contributed by atoms with Crippen molar-refractivity contribution in [1.29, 1.82) is 0 Å². The largest absolute Gasteiger partial charge is 0.467 e. The number of primary amides is 1. The molecule has 32 heavy (non-hydrogen) atoms. The number of carbonyl (C=O) groups excluding carboxylic acids is 1. The highest BCUT2D eigenvalue weighted by Gasteiger charge is 2.26. The van der Waals surface area contributed by atoms with E-state index >= 15 is 0 Å². The van der Waals surface area contributed by atoms with Gasteiger partial charge in [-0.05, 0) is 44.0 Å². The fourth-order valence-electron chi connectivity index (χ4n) is 4.00. The number of nitrogens with one attached hydrogen (secondary N) is 1. The Kier molecular flexibility index (Phi) is 5.22. The van der Waals surface area contributed by atoms with Gasteiger partial charge in [0.1, 0.15) is 11.6 Å². The van der Waals surface area contributed by atoms with E-state index in [-0.39, 0.29) is 11.8 Å².